The van der Waals surface area contributed by atoms with Crippen molar-refractivity contribution in [3.8, 4) is 11.5 Å². The maximum atomic E-state index is 10.5. The van der Waals surface area contributed by atoms with E-state index in [1.54, 1.807) is 60.4 Å². The lowest BCUT2D eigenvalue weighted by Gasteiger charge is -1.99. The van der Waals surface area contributed by atoms with Crippen LogP contribution in [0.3, 0.4) is 0 Å². The molecule has 20 heavy (non-hydrogen) atoms. The summed E-state index contributed by atoms with van der Waals surface area (Å²) in [5.74, 6) is 0.0972. The van der Waals surface area contributed by atoms with Crippen LogP contribution in [0.5, 0.6) is 11.5 Å². The fourth-order valence-corrected chi connectivity index (χ4v) is 1.63. The Balaban J connectivity index is 0.000000204. The third-order valence-electron chi connectivity index (χ3n) is 2.21. The van der Waals surface area contributed by atoms with Crippen molar-refractivity contribution >= 4 is 29.0 Å². The van der Waals surface area contributed by atoms with Crippen LogP contribution >= 0.6 is 23.0 Å². The summed E-state index contributed by atoms with van der Waals surface area (Å²) in [5, 5.41) is 19.0. The standard InChI is InChI=1S/C7H5IO3.C6H7NO2/c8-11-6-4-2-1-3-5(6)7(9)10;1-9-6-2-4-7(8)5-3-6/h1-4H,(H,9,10);2-5H,1H3. The lowest BCUT2D eigenvalue weighted by Crippen LogP contribution is -2.23. The number of methoxy groups -OCH3 is 1. The second kappa shape index (κ2) is 8.20. The van der Waals surface area contributed by atoms with Crippen LogP contribution in [0.25, 0.3) is 0 Å². The number of hydrogen-bond donors (Lipinski definition) is 1. The molecular weight excluding hydrogens is 377 g/mol. The molecule has 0 spiro atoms. The van der Waals surface area contributed by atoms with Crippen molar-refractivity contribution < 1.29 is 22.4 Å². The predicted molar refractivity (Wildman–Crippen MR) is 80.0 cm³/mol. The fourth-order valence-electron chi connectivity index (χ4n) is 1.25. The molecule has 0 aliphatic carbocycles. The maximum absolute atomic E-state index is 10.5. The van der Waals surface area contributed by atoms with E-state index < -0.39 is 5.97 Å². The molecule has 0 fully saturated rings. The molecule has 0 unspecified atom stereocenters. The third kappa shape index (κ3) is 4.92. The average Bonchev–Trinajstić information content (AvgIpc) is 2.48. The Labute approximate surface area is 129 Å². The fraction of sp³-hybridized carbons (Fsp3) is 0.0769. The zero-order chi connectivity index (χ0) is 15.0. The molecule has 0 saturated carbocycles. The average molecular weight is 389 g/mol. The van der Waals surface area contributed by atoms with Gasteiger partial charge in [-0.3, -0.25) is 0 Å². The topological polar surface area (TPSA) is 82.7 Å². The third-order valence-corrected chi connectivity index (χ3v) is 2.68. The van der Waals surface area contributed by atoms with Crippen LogP contribution < -0.4 is 12.5 Å². The highest BCUT2D eigenvalue weighted by atomic mass is 127. The number of para-hydroxylation sites is 1. The van der Waals surface area contributed by atoms with Gasteiger partial charge in [0, 0.05) is 12.1 Å². The highest BCUT2D eigenvalue weighted by Crippen LogP contribution is 2.19. The molecule has 106 valence electrons. The lowest BCUT2D eigenvalue weighted by atomic mass is 10.2. The molecule has 1 aromatic carbocycles. The van der Waals surface area contributed by atoms with E-state index in [0.29, 0.717) is 16.2 Å². The number of carbonyl (C=O) groups is 1. The molecule has 6 nitrogen and oxygen atoms in total. The number of carboxylic acid groups (broad SMARTS) is 1. The molecule has 1 heterocycles. The van der Waals surface area contributed by atoms with Crippen molar-refractivity contribution in [3.63, 3.8) is 0 Å². The van der Waals surface area contributed by atoms with Crippen LogP contribution in [-0.4, -0.2) is 18.2 Å². The predicted octanol–water partition coefficient (Wildman–Crippen LogP) is 2.44. The van der Waals surface area contributed by atoms with Crippen molar-refractivity contribution in [1.29, 1.82) is 0 Å². The smallest absolute Gasteiger partial charge is 0.339 e. The summed E-state index contributed by atoms with van der Waals surface area (Å²) in [4.78, 5) is 10.5. The monoisotopic (exact) mass is 389 g/mol. The van der Waals surface area contributed by atoms with E-state index in [1.807, 2.05) is 0 Å². The Morgan fingerprint density at radius 3 is 2.30 bits per heavy atom. The molecular formula is C13H12INO5. The first kappa shape index (κ1) is 16.0. The van der Waals surface area contributed by atoms with Crippen LogP contribution in [0.2, 0.25) is 0 Å². The summed E-state index contributed by atoms with van der Waals surface area (Å²) in [6.07, 6.45) is 2.78. The van der Waals surface area contributed by atoms with Crippen molar-refractivity contribution in [1.82, 2.24) is 0 Å². The highest BCUT2D eigenvalue weighted by Gasteiger charge is 2.08. The quantitative estimate of drug-likeness (QED) is 0.496. The number of carboxylic acids is 1. The molecule has 1 N–H and O–H groups in total. The van der Waals surface area contributed by atoms with Crippen LogP contribution in [-0.2, 0) is 0 Å². The summed E-state index contributed by atoms with van der Waals surface area (Å²) in [7, 11) is 1.56. The number of halogens is 1. The first-order valence-corrected chi connectivity index (χ1v) is 6.30. The van der Waals surface area contributed by atoms with Gasteiger partial charge >= 0.3 is 5.97 Å². The minimum atomic E-state index is -0.975. The van der Waals surface area contributed by atoms with Crippen LogP contribution in [0.1, 0.15) is 10.4 Å². The Hall–Kier alpha value is -2.03. The molecule has 0 bridgehead atoms. The van der Waals surface area contributed by atoms with Crippen molar-refractivity contribution in [2.75, 3.05) is 7.11 Å². The van der Waals surface area contributed by atoms with Gasteiger partial charge in [-0.1, -0.05) is 12.1 Å². The number of rotatable bonds is 3. The van der Waals surface area contributed by atoms with Gasteiger partial charge in [0.25, 0.3) is 0 Å². The van der Waals surface area contributed by atoms with E-state index in [0.717, 1.165) is 0 Å². The van der Waals surface area contributed by atoms with E-state index in [9.17, 15) is 10.0 Å². The molecule has 1 aromatic heterocycles. The molecule has 2 rings (SSSR count). The lowest BCUT2D eigenvalue weighted by molar-refractivity contribution is -0.605. The molecule has 0 saturated heterocycles. The number of pyridine rings is 1. The first-order chi connectivity index (χ1) is 9.58. The number of ether oxygens (including phenoxy) is 1. The Kier molecular flexibility index (Phi) is 6.57. The summed E-state index contributed by atoms with van der Waals surface area (Å²) in [6.45, 7) is 0. The zero-order valence-corrected chi connectivity index (χ0v) is 12.7. The Bertz CT molecular complexity index is 559. The van der Waals surface area contributed by atoms with Gasteiger partial charge < -0.3 is 18.1 Å². The van der Waals surface area contributed by atoms with Crippen molar-refractivity contribution in [2.24, 2.45) is 0 Å². The van der Waals surface area contributed by atoms with Crippen molar-refractivity contribution in [3.05, 3.63) is 59.6 Å². The van der Waals surface area contributed by atoms with E-state index in [1.165, 1.54) is 18.5 Å². The SMILES string of the molecule is COc1cc[n+]([O-])cc1.O=C(O)c1ccccc1OI. The molecule has 0 aliphatic heterocycles. The zero-order valence-electron chi connectivity index (χ0n) is 10.5. The van der Waals surface area contributed by atoms with Gasteiger partial charge in [0.2, 0.25) is 0 Å². The van der Waals surface area contributed by atoms with Gasteiger partial charge in [0.15, 0.2) is 35.4 Å². The summed E-state index contributed by atoms with van der Waals surface area (Å²) in [5.41, 5.74) is 0.182. The normalized spacial score (nSPS) is 9.10. The Morgan fingerprint density at radius 2 is 1.85 bits per heavy atom. The van der Waals surface area contributed by atoms with Gasteiger partial charge in [0.05, 0.1) is 7.11 Å². The van der Waals surface area contributed by atoms with Gasteiger partial charge in [-0.15, -0.1) is 0 Å². The number of nitrogens with zero attached hydrogens (tertiary/aromatic N) is 1. The van der Waals surface area contributed by atoms with E-state index in [4.69, 9.17) is 12.9 Å². The number of benzene rings is 1. The molecule has 0 aliphatic rings. The second-order valence-corrected chi connectivity index (χ2v) is 3.92. The molecule has 0 amide bonds. The van der Waals surface area contributed by atoms with E-state index in [-0.39, 0.29) is 5.56 Å². The molecule has 2 aromatic rings. The number of aromatic carboxylic acids is 1. The van der Waals surface area contributed by atoms with Crippen molar-refractivity contribution in [2.45, 2.75) is 0 Å². The van der Waals surface area contributed by atoms with Crippen LogP contribution in [0.15, 0.2) is 48.8 Å². The van der Waals surface area contributed by atoms with Gasteiger partial charge in [0.1, 0.15) is 17.1 Å². The Morgan fingerprint density at radius 1 is 1.25 bits per heavy atom. The van der Waals surface area contributed by atoms with E-state index in [2.05, 4.69) is 0 Å². The first-order valence-electron chi connectivity index (χ1n) is 5.42. The molecule has 0 atom stereocenters. The minimum Gasteiger partial charge on any atom is -0.619 e. The van der Waals surface area contributed by atoms with Gasteiger partial charge in [-0.25, -0.2) is 4.79 Å². The van der Waals surface area contributed by atoms with E-state index >= 15 is 0 Å². The number of aromatic nitrogens is 1. The van der Waals surface area contributed by atoms with Gasteiger partial charge in [-0.05, 0) is 12.1 Å². The second-order valence-electron chi connectivity index (χ2n) is 3.48. The summed E-state index contributed by atoms with van der Waals surface area (Å²) < 4.78 is 10.3. The summed E-state index contributed by atoms with van der Waals surface area (Å²) >= 11 is 1.65. The molecule has 7 heteroatoms. The number of hydrogen-bond acceptors (Lipinski definition) is 4. The summed E-state index contributed by atoms with van der Waals surface area (Å²) in [6, 6.07) is 9.69. The van der Waals surface area contributed by atoms with Crippen LogP contribution in [0.4, 0.5) is 0 Å². The maximum Gasteiger partial charge on any atom is 0.339 e. The van der Waals surface area contributed by atoms with Gasteiger partial charge in [-0.2, -0.15) is 4.73 Å². The minimum absolute atomic E-state index is 0.182. The highest BCUT2D eigenvalue weighted by molar-refractivity contribution is 14.1. The molecule has 0 radical (unpaired) electrons. The van der Waals surface area contributed by atoms with Crippen LogP contribution in [0, 0.1) is 5.21 Å². The largest absolute Gasteiger partial charge is 0.619 e.